The zero-order chi connectivity index (χ0) is 13.3. The number of carboxylic acid groups (broad SMARTS) is 1. The number of aldehydes is 1. The molecule has 0 aliphatic carbocycles. The molecule has 18 heavy (non-hydrogen) atoms. The maximum atomic E-state index is 10.9. The van der Waals surface area contributed by atoms with Crippen LogP contribution < -0.4 is 0 Å². The Morgan fingerprint density at radius 1 is 1.44 bits per heavy atom. The lowest BCUT2D eigenvalue weighted by molar-refractivity contribution is 0.0701. The fourth-order valence-electron chi connectivity index (χ4n) is 1.50. The summed E-state index contributed by atoms with van der Waals surface area (Å²) in [5, 5.41) is 18.8. The van der Waals surface area contributed by atoms with Gasteiger partial charge in [-0.15, -0.1) is 11.3 Å². The van der Waals surface area contributed by atoms with Crippen LogP contribution in [0.1, 0.15) is 25.7 Å². The summed E-state index contributed by atoms with van der Waals surface area (Å²) < 4.78 is 0. The lowest BCUT2D eigenvalue weighted by atomic mass is 10.1. The molecular formula is C12H9NO4S. The van der Waals surface area contributed by atoms with Crippen molar-refractivity contribution in [3.63, 3.8) is 0 Å². The molecule has 1 aromatic heterocycles. The molecule has 0 saturated heterocycles. The molecule has 0 atom stereocenters. The topological polar surface area (TPSA) is 87.5 Å². The van der Waals surface area contributed by atoms with Crippen molar-refractivity contribution in [3.05, 3.63) is 34.3 Å². The van der Waals surface area contributed by atoms with Gasteiger partial charge in [0.1, 0.15) is 15.6 Å². The van der Waals surface area contributed by atoms with E-state index in [1.165, 1.54) is 12.1 Å². The minimum absolute atomic E-state index is 0.111. The number of carbonyl (C=O) groups is 2. The van der Waals surface area contributed by atoms with Crippen molar-refractivity contribution < 1.29 is 19.8 Å². The lowest BCUT2D eigenvalue weighted by Crippen LogP contribution is -1.94. The number of aromatic hydroxyl groups is 1. The Hall–Kier alpha value is -2.21. The summed E-state index contributed by atoms with van der Waals surface area (Å²) in [6.45, 7) is 1.62. The summed E-state index contributed by atoms with van der Waals surface area (Å²) in [6, 6.07) is 4.45. The number of hydrogen-bond donors (Lipinski definition) is 2. The average Bonchev–Trinajstić information content (AvgIpc) is 2.72. The Labute approximate surface area is 106 Å². The molecule has 1 heterocycles. The van der Waals surface area contributed by atoms with Gasteiger partial charge in [-0.2, -0.15) is 0 Å². The van der Waals surface area contributed by atoms with E-state index in [1.807, 2.05) is 0 Å². The number of aryl methyl sites for hydroxylation is 1. The number of carboxylic acids is 1. The average molecular weight is 263 g/mol. The number of phenolic OH excluding ortho intramolecular Hbond substituents is 1. The number of carbonyl (C=O) groups excluding carboxylic acids is 1. The van der Waals surface area contributed by atoms with Gasteiger partial charge in [0.15, 0.2) is 6.29 Å². The Kier molecular flexibility index (Phi) is 3.12. The monoisotopic (exact) mass is 263 g/mol. The first-order chi connectivity index (χ1) is 8.52. The Morgan fingerprint density at radius 2 is 2.17 bits per heavy atom. The zero-order valence-electron chi connectivity index (χ0n) is 9.38. The molecule has 2 aromatic rings. The van der Waals surface area contributed by atoms with E-state index in [9.17, 15) is 14.7 Å². The Balaban J connectivity index is 2.52. The molecule has 5 nitrogen and oxygen atoms in total. The minimum atomic E-state index is -1.02. The normalized spacial score (nSPS) is 10.3. The van der Waals surface area contributed by atoms with Crippen LogP contribution >= 0.6 is 11.3 Å². The molecule has 1 aromatic carbocycles. The van der Waals surface area contributed by atoms with E-state index in [1.54, 1.807) is 13.0 Å². The summed E-state index contributed by atoms with van der Waals surface area (Å²) >= 11 is 1.04. The second-order valence-corrected chi connectivity index (χ2v) is 4.63. The van der Waals surface area contributed by atoms with Crippen LogP contribution in [0.2, 0.25) is 0 Å². The number of hydrogen-bond acceptors (Lipinski definition) is 5. The van der Waals surface area contributed by atoms with Gasteiger partial charge in [-0.3, -0.25) is 4.79 Å². The van der Waals surface area contributed by atoms with Crippen LogP contribution in [0.5, 0.6) is 5.75 Å². The van der Waals surface area contributed by atoms with Gasteiger partial charge in [-0.1, -0.05) is 0 Å². The number of benzene rings is 1. The largest absolute Gasteiger partial charge is 0.507 e. The van der Waals surface area contributed by atoms with Gasteiger partial charge in [0, 0.05) is 5.56 Å². The van der Waals surface area contributed by atoms with E-state index < -0.39 is 5.97 Å². The molecule has 0 bridgehead atoms. The van der Waals surface area contributed by atoms with Crippen LogP contribution in [0.4, 0.5) is 0 Å². The molecule has 0 fully saturated rings. The molecule has 0 aliphatic rings. The number of nitrogens with zero attached hydrogens (tertiary/aromatic N) is 1. The highest BCUT2D eigenvalue weighted by Crippen LogP contribution is 2.30. The van der Waals surface area contributed by atoms with Crippen LogP contribution in [0, 0.1) is 6.92 Å². The van der Waals surface area contributed by atoms with Crippen LogP contribution in [0.15, 0.2) is 18.2 Å². The summed E-state index contributed by atoms with van der Waals surface area (Å²) in [7, 11) is 0. The first kappa shape index (κ1) is 12.3. The predicted molar refractivity (Wildman–Crippen MR) is 66.3 cm³/mol. The highest BCUT2D eigenvalue weighted by atomic mass is 32.1. The predicted octanol–water partition coefficient (Wildman–Crippen LogP) is 2.33. The van der Waals surface area contributed by atoms with E-state index in [-0.39, 0.29) is 16.2 Å². The van der Waals surface area contributed by atoms with Crippen molar-refractivity contribution in [1.82, 2.24) is 4.98 Å². The number of aromatic carboxylic acids is 1. The van der Waals surface area contributed by atoms with Crippen LogP contribution in [0.3, 0.4) is 0 Å². The van der Waals surface area contributed by atoms with Gasteiger partial charge in [-0.05, 0) is 25.1 Å². The van der Waals surface area contributed by atoms with Crippen molar-refractivity contribution in [2.45, 2.75) is 6.92 Å². The first-order valence-corrected chi connectivity index (χ1v) is 5.84. The van der Waals surface area contributed by atoms with Crippen molar-refractivity contribution in [2.24, 2.45) is 0 Å². The molecule has 0 saturated carbocycles. The SMILES string of the molecule is Cc1nc(-c2ccc(O)c(C=O)c2)sc1C(=O)O. The maximum Gasteiger partial charge on any atom is 0.347 e. The van der Waals surface area contributed by atoms with Gasteiger partial charge in [0.2, 0.25) is 0 Å². The second-order valence-electron chi connectivity index (χ2n) is 3.63. The number of rotatable bonds is 3. The van der Waals surface area contributed by atoms with Gasteiger partial charge in [-0.25, -0.2) is 9.78 Å². The second kappa shape index (κ2) is 4.58. The molecular weight excluding hydrogens is 254 g/mol. The standard InChI is InChI=1S/C12H9NO4S/c1-6-10(12(16)17)18-11(13-6)7-2-3-9(15)8(4-7)5-14/h2-5,15H,1H3,(H,16,17). The summed E-state index contributed by atoms with van der Waals surface area (Å²) in [5.41, 5.74) is 1.19. The highest BCUT2D eigenvalue weighted by molar-refractivity contribution is 7.17. The molecule has 92 valence electrons. The zero-order valence-corrected chi connectivity index (χ0v) is 10.2. The third-order valence-corrected chi connectivity index (χ3v) is 3.59. The lowest BCUT2D eigenvalue weighted by Gasteiger charge is -1.99. The first-order valence-electron chi connectivity index (χ1n) is 5.02. The minimum Gasteiger partial charge on any atom is -0.507 e. The third kappa shape index (κ3) is 2.10. The van der Waals surface area contributed by atoms with Crippen molar-refractivity contribution >= 4 is 23.6 Å². The fourth-order valence-corrected chi connectivity index (χ4v) is 2.40. The third-order valence-electron chi connectivity index (χ3n) is 2.39. The van der Waals surface area contributed by atoms with Crippen molar-refractivity contribution in [1.29, 1.82) is 0 Å². The van der Waals surface area contributed by atoms with E-state index in [0.29, 0.717) is 22.6 Å². The van der Waals surface area contributed by atoms with Gasteiger partial charge in [0.25, 0.3) is 0 Å². The van der Waals surface area contributed by atoms with Gasteiger partial charge < -0.3 is 10.2 Å². The maximum absolute atomic E-state index is 10.9. The van der Waals surface area contributed by atoms with Crippen molar-refractivity contribution in [3.8, 4) is 16.3 Å². The summed E-state index contributed by atoms with van der Waals surface area (Å²) in [5.74, 6) is -1.13. The molecule has 0 radical (unpaired) electrons. The van der Waals surface area contributed by atoms with E-state index in [2.05, 4.69) is 4.98 Å². The van der Waals surface area contributed by atoms with E-state index >= 15 is 0 Å². The molecule has 2 rings (SSSR count). The highest BCUT2D eigenvalue weighted by Gasteiger charge is 2.15. The molecule has 2 N–H and O–H groups in total. The van der Waals surface area contributed by atoms with E-state index in [0.717, 1.165) is 11.3 Å². The van der Waals surface area contributed by atoms with Crippen LogP contribution in [-0.4, -0.2) is 27.5 Å². The number of phenols is 1. The molecule has 0 amide bonds. The fraction of sp³-hybridized carbons (Fsp3) is 0.0833. The quantitative estimate of drug-likeness (QED) is 0.830. The van der Waals surface area contributed by atoms with Gasteiger partial charge in [0.05, 0.1) is 11.3 Å². The summed E-state index contributed by atoms with van der Waals surface area (Å²) in [6.07, 6.45) is 0.539. The number of thiazole rings is 1. The van der Waals surface area contributed by atoms with Crippen molar-refractivity contribution in [2.75, 3.05) is 0 Å². The van der Waals surface area contributed by atoms with Crippen LogP contribution in [-0.2, 0) is 0 Å². The smallest absolute Gasteiger partial charge is 0.347 e. The molecule has 6 heteroatoms. The molecule has 0 spiro atoms. The Morgan fingerprint density at radius 3 is 2.72 bits per heavy atom. The number of aromatic nitrogens is 1. The van der Waals surface area contributed by atoms with E-state index in [4.69, 9.17) is 5.11 Å². The van der Waals surface area contributed by atoms with Gasteiger partial charge >= 0.3 is 5.97 Å². The Bertz CT molecular complexity index is 633. The molecule has 0 aliphatic heterocycles. The molecule has 0 unspecified atom stereocenters. The van der Waals surface area contributed by atoms with Crippen LogP contribution in [0.25, 0.3) is 10.6 Å². The summed E-state index contributed by atoms with van der Waals surface area (Å²) in [4.78, 5) is 26.0.